The summed E-state index contributed by atoms with van der Waals surface area (Å²) in [5.41, 5.74) is 1.12. The first-order chi connectivity index (χ1) is 11.7. The molecule has 0 bridgehead atoms. The Kier molecular flexibility index (Phi) is 12.0. The molecule has 2 unspecified atom stereocenters. The topological polar surface area (TPSA) is 24.4 Å². The highest BCUT2D eigenvalue weighted by Crippen LogP contribution is 2.32. The van der Waals surface area contributed by atoms with Crippen LogP contribution in [0, 0.1) is 11.8 Å². The fraction of sp³-hybridized carbons (Fsp3) is 0.750. The van der Waals surface area contributed by atoms with Crippen molar-refractivity contribution in [3.8, 4) is 0 Å². The van der Waals surface area contributed by atoms with Crippen LogP contribution >= 0.6 is 11.6 Å². The minimum Gasteiger partial charge on any atom is -0.370 e. The van der Waals surface area contributed by atoms with Gasteiger partial charge in [0.25, 0.3) is 0 Å². The fourth-order valence-electron chi connectivity index (χ4n) is 2.64. The van der Waals surface area contributed by atoms with Gasteiger partial charge in [0.05, 0.1) is 5.03 Å². The van der Waals surface area contributed by atoms with Crippen LogP contribution in [0.25, 0.3) is 0 Å². The van der Waals surface area contributed by atoms with E-state index >= 15 is 0 Å². The second-order valence-corrected chi connectivity index (χ2v) is 7.17. The van der Waals surface area contributed by atoms with Gasteiger partial charge >= 0.3 is 0 Å². The normalized spacial score (nSPS) is 16.8. The molecule has 0 heterocycles. The summed E-state index contributed by atoms with van der Waals surface area (Å²) >= 11 is 5.99. The maximum absolute atomic E-state index is 13.8. The van der Waals surface area contributed by atoms with Gasteiger partial charge in [-0.3, -0.25) is 0 Å². The summed E-state index contributed by atoms with van der Waals surface area (Å²) in [6.07, 6.45) is 6.01. The van der Waals surface area contributed by atoms with E-state index in [0.717, 1.165) is 30.7 Å². The van der Waals surface area contributed by atoms with E-state index in [2.05, 4.69) is 24.2 Å². The Hall–Kier alpha value is -0.900. The molecule has 0 spiro atoms. The van der Waals surface area contributed by atoms with Crippen LogP contribution in [0.1, 0.15) is 73.6 Å². The smallest absolute Gasteiger partial charge is 0.248 e. The van der Waals surface area contributed by atoms with E-state index in [1.807, 2.05) is 20.8 Å². The van der Waals surface area contributed by atoms with Crippen molar-refractivity contribution in [3.05, 3.63) is 22.5 Å². The highest BCUT2D eigenvalue weighted by molar-refractivity contribution is 6.39. The van der Waals surface area contributed by atoms with E-state index in [4.69, 9.17) is 11.6 Å². The van der Waals surface area contributed by atoms with Crippen LogP contribution in [-0.4, -0.2) is 18.7 Å². The highest BCUT2D eigenvalue weighted by atomic mass is 35.5. The van der Waals surface area contributed by atoms with Crippen molar-refractivity contribution in [2.75, 3.05) is 6.54 Å². The van der Waals surface area contributed by atoms with Crippen molar-refractivity contribution in [2.24, 2.45) is 16.8 Å². The van der Waals surface area contributed by atoms with E-state index < -0.39 is 5.92 Å². The monoisotopic (exact) mass is 376 g/mol. The molecule has 0 fully saturated rings. The maximum atomic E-state index is 13.8. The van der Waals surface area contributed by atoms with Gasteiger partial charge in [0, 0.05) is 25.6 Å². The Labute approximate surface area is 157 Å². The van der Waals surface area contributed by atoms with E-state index in [0.29, 0.717) is 11.6 Å². The second-order valence-electron chi connectivity index (χ2n) is 6.73. The van der Waals surface area contributed by atoms with Crippen molar-refractivity contribution < 1.29 is 8.78 Å². The molecule has 2 nitrogen and oxygen atoms in total. The van der Waals surface area contributed by atoms with Crippen LogP contribution in [0.15, 0.2) is 27.5 Å². The molecule has 0 aromatic rings. The SMILES string of the molecule is C\C=C(Cl)/C=N\C(NCC(CCC)C(C)CC(F)(F)CC)=C(\C)CC. The summed E-state index contributed by atoms with van der Waals surface area (Å²) in [6, 6.07) is 0. The van der Waals surface area contributed by atoms with E-state index in [-0.39, 0.29) is 24.7 Å². The number of aliphatic imine (C=N–C) groups is 1. The first-order valence-corrected chi connectivity index (χ1v) is 9.75. The molecule has 25 heavy (non-hydrogen) atoms. The third kappa shape index (κ3) is 9.98. The fourth-order valence-corrected chi connectivity index (χ4v) is 2.69. The van der Waals surface area contributed by atoms with E-state index in [1.165, 1.54) is 0 Å². The molecule has 1 N–H and O–H groups in total. The lowest BCUT2D eigenvalue weighted by Crippen LogP contribution is -2.30. The molecule has 0 rings (SSSR count). The van der Waals surface area contributed by atoms with Crippen LogP contribution in [0.3, 0.4) is 0 Å². The van der Waals surface area contributed by atoms with Crippen molar-refractivity contribution in [2.45, 2.75) is 79.6 Å². The zero-order valence-electron chi connectivity index (χ0n) is 16.6. The summed E-state index contributed by atoms with van der Waals surface area (Å²) in [4.78, 5) is 4.44. The Morgan fingerprint density at radius 3 is 2.40 bits per heavy atom. The van der Waals surface area contributed by atoms with Gasteiger partial charge in [-0.2, -0.15) is 0 Å². The standard InChI is InChI=1S/C20H35ClF2N2/c1-7-11-17(16(6)12-20(22,23)10-4)13-24-19(15(5)8-2)25-14-18(21)9-3/h9,14,16-17,24H,7-8,10-13H2,1-6H3/b18-9+,19-15-,25-14-. The number of halogens is 3. The molecule has 0 amide bonds. The van der Waals surface area contributed by atoms with E-state index in [1.54, 1.807) is 19.2 Å². The van der Waals surface area contributed by atoms with Gasteiger partial charge in [0.2, 0.25) is 5.92 Å². The molecule has 0 aliphatic heterocycles. The van der Waals surface area contributed by atoms with Crippen LogP contribution < -0.4 is 5.32 Å². The quantitative estimate of drug-likeness (QED) is 0.367. The molecular formula is C20H35ClF2N2. The van der Waals surface area contributed by atoms with Crippen LogP contribution in [0.2, 0.25) is 0 Å². The second kappa shape index (κ2) is 12.5. The van der Waals surface area contributed by atoms with Crippen LogP contribution in [-0.2, 0) is 0 Å². The van der Waals surface area contributed by atoms with Crippen molar-refractivity contribution in [1.82, 2.24) is 5.32 Å². The van der Waals surface area contributed by atoms with E-state index in [9.17, 15) is 8.78 Å². The van der Waals surface area contributed by atoms with Gasteiger partial charge in [0.1, 0.15) is 5.82 Å². The Balaban J connectivity index is 5.07. The summed E-state index contributed by atoms with van der Waals surface area (Å²) in [6.45, 7) is 12.2. The molecule has 146 valence electrons. The molecule has 0 aromatic carbocycles. The summed E-state index contributed by atoms with van der Waals surface area (Å²) in [5.74, 6) is -1.65. The predicted molar refractivity (Wildman–Crippen MR) is 107 cm³/mol. The number of hydrogen-bond donors (Lipinski definition) is 1. The van der Waals surface area contributed by atoms with Gasteiger partial charge in [0.15, 0.2) is 0 Å². The Bertz CT molecular complexity index is 470. The summed E-state index contributed by atoms with van der Waals surface area (Å²) in [7, 11) is 0. The average Bonchev–Trinajstić information content (AvgIpc) is 2.59. The minimum atomic E-state index is -2.58. The first kappa shape index (κ1) is 24.1. The minimum absolute atomic E-state index is 0.0475. The molecule has 2 atom stereocenters. The number of allylic oxidation sites excluding steroid dienone is 3. The molecule has 0 saturated carbocycles. The lowest BCUT2D eigenvalue weighted by atomic mass is 9.85. The van der Waals surface area contributed by atoms with Gasteiger partial charge in [-0.1, -0.05) is 51.8 Å². The predicted octanol–water partition coefficient (Wildman–Crippen LogP) is 6.92. The zero-order chi connectivity index (χ0) is 19.5. The maximum Gasteiger partial charge on any atom is 0.248 e. The van der Waals surface area contributed by atoms with Gasteiger partial charge in [-0.15, -0.1) is 0 Å². The molecule has 0 aliphatic rings. The largest absolute Gasteiger partial charge is 0.370 e. The third-order valence-electron chi connectivity index (χ3n) is 4.66. The zero-order valence-corrected chi connectivity index (χ0v) is 17.4. The molecule has 0 radical (unpaired) electrons. The summed E-state index contributed by atoms with van der Waals surface area (Å²) < 4.78 is 27.5. The molecule has 0 saturated heterocycles. The number of nitrogens with one attached hydrogen (secondary N) is 1. The molecule has 5 heteroatoms. The van der Waals surface area contributed by atoms with Crippen molar-refractivity contribution >= 4 is 17.8 Å². The van der Waals surface area contributed by atoms with Gasteiger partial charge in [-0.05, 0) is 44.1 Å². The average molecular weight is 377 g/mol. The number of rotatable bonds is 12. The van der Waals surface area contributed by atoms with Crippen LogP contribution in [0.5, 0.6) is 0 Å². The Morgan fingerprint density at radius 1 is 1.28 bits per heavy atom. The number of hydrogen-bond acceptors (Lipinski definition) is 2. The van der Waals surface area contributed by atoms with Gasteiger partial charge < -0.3 is 5.32 Å². The number of nitrogens with zero attached hydrogens (tertiary/aromatic N) is 1. The first-order valence-electron chi connectivity index (χ1n) is 9.37. The Morgan fingerprint density at radius 2 is 1.92 bits per heavy atom. The van der Waals surface area contributed by atoms with Crippen LogP contribution in [0.4, 0.5) is 8.78 Å². The molecule has 0 aromatic heterocycles. The van der Waals surface area contributed by atoms with Crippen molar-refractivity contribution in [3.63, 3.8) is 0 Å². The molecular weight excluding hydrogens is 342 g/mol. The molecule has 0 aliphatic carbocycles. The van der Waals surface area contributed by atoms with Crippen molar-refractivity contribution in [1.29, 1.82) is 0 Å². The third-order valence-corrected chi connectivity index (χ3v) is 4.98. The summed E-state index contributed by atoms with van der Waals surface area (Å²) in [5, 5.41) is 3.94. The highest BCUT2D eigenvalue weighted by Gasteiger charge is 2.31. The number of alkyl halides is 2. The lowest BCUT2D eigenvalue weighted by molar-refractivity contribution is -0.0319. The van der Waals surface area contributed by atoms with Gasteiger partial charge in [-0.25, -0.2) is 13.8 Å². The lowest BCUT2D eigenvalue weighted by Gasteiger charge is -2.28.